The smallest absolute Gasteiger partial charge is 0.255 e. The van der Waals surface area contributed by atoms with Crippen LogP contribution in [0.4, 0.5) is 0 Å². The van der Waals surface area contributed by atoms with Crippen molar-refractivity contribution in [2.45, 2.75) is 75.8 Å². The molecule has 0 aromatic heterocycles. The van der Waals surface area contributed by atoms with E-state index in [1.807, 2.05) is 18.2 Å². The molecule has 7 heteroatoms. The van der Waals surface area contributed by atoms with Gasteiger partial charge in [0.1, 0.15) is 18.1 Å². The Labute approximate surface area is 320 Å². The Morgan fingerprint density at radius 2 is 1.54 bits per heavy atom. The Kier molecular flexibility index (Phi) is 11.0. The molecule has 8 rings (SSSR count). The number of aryl methyl sites for hydroxylation is 2. The van der Waals surface area contributed by atoms with Gasteiger partial charge in [-0.1, -0.05) is 72.8 Å². The first-order chi connectivity index (χ1) is 26.4. The van der Waals surface area contributed by atoms with Gasteiger partial charge < -0.3 is 19.6 Å². The van der Waals surface area contributed by atoms with E-state index in [9.17, 15) is 14.7 Å². The topological polar surface area (TPSA) is 73.3 Å². The Morgan fingerprint density at radius 3 is 2.31 bits per heavy atom. The number of unbranched alkanes of at least 4 members (excludes halogenated alkanes) is 1. The largest absolute Gasteiger partial charge is 0.508 e. The number of carbonyl (C=O) groups is 2. The summed E-state index contributed by atoms with van der Waals surface area (Å²) in [5.41, 5.74) is 9.31. The monoisotopic (exact) mass is 723 g/mol. The van der Waals surface area contributed by atoms with Gasteiger partial charge in [-0.05, 0) is 121 Å². The quantitative estimate of drug-likeness (QED) is 0.118. The van der Waals surface area contributed by atoms with Gasteiger partial charge in [0.2, 0.25) is 0 Å². The first kappa shape index (κ1) is 36.3. The van der Waals surface area contributed by atoms with E-state index >= 15 is 0 Å². The highest BCUT2D eigenvalue weighted by Gasteiger charge is 2.38. The molecule has 1 unspecified atom stereocenters. The fraction of sp³-hybridized carbons (Fsp3) is 0.404. The molecule has 2 fully saturated rings. The lowest BCUT2D eigenvalue weighted by Gasteiger charge is -2.35. The Balaban J connectivity index is 0.758. The molecular formula is C47H53N3O4. The summed E-state index contributed by atoms with van der Waals surface area (Å²) in [5.74, 6) is 2.01. The van der Waals surface area contributed by atoms with E-state index in [2.05, 4.69) is 89.2 Å². The lowest BCUT2D eigenvalue weighted by molar-refractivity contribution is -0.124. The molecule has 2 aliphatic carbocycles. The van der Waals surface area contributed by atoms with Crippen molar-refractivity contribution in [3.63, 3.8) is 0 Å². The minimum Gasteiger partial charge on any atom is -0.508 e. The highest BCUT2D eigenvalue weighted by atomic mass is 16.5. The van der Waals surface area contributed by atoms with E-state index in [4.69, 9.17) is 4.74 Å². The molecule has 2 aliphatic heterocycles. The van der Waals surface area contributed by atoms with Crippen molar-refractivity contribution in [1.82, 2.24) is 14.7 Å². The van der Waals surface area contributed by atoms with E-state index in [1.165, 1.54) is 27.8 Å². The number of fused-ring (bicyclic) bond motifs is 2. The Bertz CT molecular complexity index is 1970. The van der Waals surface area contributed by atoms with Crippen LogP contribution in [0.25, 0.3) is 0 Å². The van der Waals surface area contributed by atoms with Crippen molar-refractivity contribution < 1.29 is 19.4 Å². The first-order valence-electron chi connectivity index (χ1n) is 20.1. The van der Waals surface area contributed by atoms with Crippen LogP contribution in [0.15, 0.2) is 103 Å². The van der Waals surface area contributed by atoms with Gasteiger partial charge in [-0.3, -0.25) is 14.5 Å². The number of ketones is 1. The fourth-order valence-electron chi connectivity index (χ4n) is 9.33. The van der Waals surface area contributed by atoms with E-state index in [1.54, 1.807) is 4.90 Å². The van der Waals surface area contributed by atoms with Crippen molar-refractivity contribution in [2.75, 3.05) is 45.9 Å². The maximum atomic E-state index is 13.1. The molecule has 280 valence electrons. The summed E-state index contributed by atoms with van der Waals surface area (Å²) in [6.45, 7) is 11.5. The summed E-state index contributed by atoms with van der Waals surface area (Å²) < 4.78 is 6.25. The van der Waals surface area contributed by atoms with Crippen LogP contribution >= 0.6 is 0 Å². The number of amides is 1. The molecule has 54 heavy (non-hydrogen) atoms. The van der Waals surface area contributed by atoms with Crippen LogP contribution in [0.5, 0.6) is 11.5 Å². The highest BCUT2D eigenvalue weighted by molar-refractivity contribution is 6.02. The number of hydrogen-bond acceptors (Lipinski definition) is 6. The summed E-state index contributed by atoms with van der Waals surface area (Å²) in [5, 5.41) is 10.2. The molecule has 1 saturated carbocycles. The van der Waals surface area contributed by atoms with Gasteiger partial charge in [-0.25, -0.2) is 0 Å². The van der Waals surface area contributed by atoms with Crippen LogP contribution < -0.4 is 4.74 Å². The first-order valence-corrected chi connectivity index (χ1v) is 20.1. The zero-order chi connectivity index (χ0) is 37.0. The van der Waals surface area contributed by atoms with Gasteiger partial charge in [0.25, 0.3) is 5.91 Å². The van der Waals surface area contributed by atoms with Gasteiger partial charge >= 0.3 is 0 Å². The molecule has 1 amide bonds. The summed E-state index contributed by atoms with van der Waals surface area (Å²) in [4.78, 5) is 32.6. The van der Waals surface area contributed by atoms with Gasteiger partial charge in [-0.15, -0.1) is 0 Å². The van der Waals surface area contributed by atoms with Crippen LogP contribution in [0, 0.1) is 0 Å². The Morgan fingerprint density at radius 1 is 0.759 bits per heavy atom. The lowest BCUT2D eigenvalue weighted by Crippen LogP contribution is -2.47. The number of piperazine rings is 1. The predicted molar refractivity (Wildman–Crippen MR) is 213 cm³/mol. The number of hydrogen-bond donors (Lipinski definition) is 1. The minimum atomic E-state index is -0.303. The molecule has 4 aliphatic rings. The summed E-state index contributed by atoms with van der Waals surface area (Å²) in [6.07, 6.45) is 7.23. The van der Waals surface area contributed by atoms with Crippen molar-refractivity contribution in [3.8, 4) is 11.5 Å². The lowest BCUT2D eigenvalue weighted by atomic mass is 9.69. The van der Waals surface area contributed by atoms with Crippen LogP contribution in [0.1, 0.15) is 94.1 Å². The van der Waals surface area contributed by atoms with Crippen molar-refractivity contribution in [3.05, 3.63) is 142 Å². The van der Waals surface area contributed by atoms with Crippen molar-refractivity contribution in [2.24, 2.45) is 0 Å². The average molecular weight is 724 g/mol. The predicted octanol–water partition coefficient (Wildman–Crippen LogP) is 7.91. The molecule has 0 bridgehead atoms. The highest BCUT2D eigenvalue weighted by Crippen LogP contribution is 2.47. The normalized spacial score (nSPS) is 22.0. The third-order valence-electron chi connectivity index (χ3n) is 12.3. The van der Waals surface area contributed by atoms with Gasteiger partial charge in [0.05, 0.1) is 6.04 Å². The number of aromatic hydroxyl groups is 1. The fourth-order valence-corrected chi connectivity index (χ4v) is 9.33. The average Bonchev–Trinajstić information content (AvgIpc) is 3.52. The molecule has 1 N–H and O–H groups in total. The number of carbonyl (C=O) groups excluding carboxylic acids is 2. The SMILES string of the molecule is C=C1CCC(N2Cc3cc(CCCCN4CCN(CCOc5ccc([C@H]6c7ccc(O)cc7CC[C@H]6c6ccccc6)cc5)CC4)ccc3C2=O)C(=O)C1. The number of rotatable bonds is 12. The number of ether oxygens (including phenoxy) is 1. The van der Waals surface area contributed by atoms with E-state index in [0.717, 1.165) is 100 Å². The molecule has 4 aromatic carbocycles. The molecule has 3 atom stereocenters. The van der Waals surface area contributed by atoms with Crippen molar-refractivity contribution >= 4 is 11.7 Å². The van der Waals surface area contributed by atoms with Gasteiger partial charge in [0, 0.05) is 57.2 Å². The third-order valence-corrected chi connectivity index (χ3v) is 12.3. The molecule has 0 radical (unpaired) electrons. The van der Waals surface area contributed by atoms with E-state index in [0.29, 0.717) is 37.7 Å². The van der Waals surface area contributed by atoms with E-state index < -0.39 is 0 Å². The molecule has 4 aromatic rings. The zero-order valence-corrected chi connectivity index (χ0v) is 31.4. The second-order valence-electron chi connectivity index (χ2n) is 15.8. The summed E-state index contributed by atoms with van der Waals surface area (Å²) >= 11 is 0. The summed E-state index contributed by atoms with van der Waals surface area (Å²) in [6, 6.07) is 31.4. The van der Waals surface area contributed by atoms with Crippen LogP contribution in [-0.2, 0) is 24.2 Å². The van der Waals surface area contributed by atoms with Crippen molar-refractivity contribution in [1.29, 1.82) is 0 Å². The van der Waals surface area contributed by atoms with Crippen LogP contribution in [0.2, 0.25) is 0 Å². The number of benzene rings is 4. The number of Topliss-reactive ketones (excluding diaryl/α,β-unsaturated/α-hetero) is 1. The number of allylic oxidation sites excluding steroid dienone is 1. The number of phenolic OH excluding ortho intramolecular Hbond substituents is 1. The second kappa shape index (κ2) is 16.3. The standard InChI is InChI=1S/C47H53N3O4/c1-33-10-21-44(45(52)29-33)50-32-38-30-34(11-18-43(38)47(50)53)7-5-6-22-48-23-25-49(26-24-48)27-28-54-40-16-12-36(13-17-40)46-41(35-8-3-2-4-9-35)19-14-37-31-39(51)15-20-42(37)46/h2-4,8-9,11-13,15-18,20,30-31,41,44,46,51H,1,5-7,10,14,19,21-29,32H2/t41-,44?,46+/m0/s1. The molecular weight excluding hydrogens is 671 g/mol. The van der Waals surface area contributed by atoms with Crippen LogP contribution in [-0.4, -0.2) is 83.4 Å². The summed E-state index contributed by atoms with van der Waals surface area (Å²) in [7, 11) is 0. The number of phenols is 1. The maximum Gasteiger partial charge on any atom is 0.255 e. The minimum absolute atomic E-state index is 0.00417. The van der Waals surface area contributed by atoms with Crippen LogP contribution in [0.3, 0.4) is 0 Å². The zero-order valence-electron chi connectivity index (χ0n) is 31.4. The molecule has 0 spiro atoms. The number of nitrogens with zero attached hydrogens (tertiary/aromatic N) is 3. The van der Waals surface area contributed by atoms with Gasteiger partial charge in [-0.2, -0.15) is 0 Å². The maximum absolute atomic E-state index is 13.1. The third kappa shape index (κ3) is 8.03. The molecule has 1 saturated heterocycles. The van der Waals surface area contributed by atoms with Gasteiger partial charge in [0.15, 0.2) is 5.78 Å². The second-order valence-corrected chi connectivity index (χ2v) is 15.8. The molecule has 7 nitrogen and oxygen atoms in total. The van der Waals surface area contributed by atoms with E-state index in [-0.39, 0.29) is 23.7 Å². The Hall–Kier alpha value is -4.72. The molecule has 2 heterocycles.